The summed E-state index contributed by atoms with van der Waals surface area (Å²) in [5.74, 6) is -5.31. The topological polar surface area (TPSA) is 205 Å². The Morgan fingerprint density at radius 3 is 1.95 bits per heavy atom. The number of epoxide rings is 1. The summed E-state index contributed by atoms with van der Waals surface area (Å²) in [6, 6.07) is 0. The monoisotopic (exact) mass is 598 g/mol. The highest BCUT2D eigenvalue weighted by molar-refractivity contribution is 5.89. The number of rotatable bonds is 5. The van der Waals surface area contributed by atoms with Crippen LogP contribution in [0.25, 0.3) is 0 Å². The molecular formula is C28H38O14. The van der Waals surface area contributed by atoms with Crippen LogP contribution in [0.1, 0.15) is 61.3 Å². The van der Waals surface area contributed by atoms with E-state index in [0.29, 0.717) is 0 Å². The van der Waals surface area contributed by atoms with E-state index in [0.717, 1.165) is 27.7 Å². The van der Waals surface area contributed by atoms with E-state index in [-0.39, 0.29) is 18.4 Å². The lowest BCUT2D eigenvalue weighted by atomic mass is 9.51. The quantitative estimate of drug-likeness (QED) is 0.160. The zero-order valence-electron chi connectivity index (χ0n) is 24.6. The third-order valence-corrected chi connectivity index (χ3v) is 9.23. The Balaban J connectivity index is 2.06. The molecule has 0 radical (unpaired) electrons. The first-order chi connectivity index (χ1) is 19.3. The second-order valence-electron chi connectivity index (χ2n) is 12.1. The number of esters is 5. The van der Waals surface area contributed by atoms with Gasteiger partial charge in [-0.25, -0.2) is 4.79 Å². The zero-order chi connectivity index (χ0) is 31.6. The molecule has 1 spiro atoms. The standard InChI is InChI=1S/C28H38O14/c1-12(29)37-11-16-8-21-28(27(7,42-28)24(35)41-21)23(40-15(4)32)22-25(5,19(9-17(16)33)38-13(2)30)20(39-14(3)31)10-18(34)26(22,6)36/h8,17-23,33-34,36H,9-11H2,1-7H3/b16-8-/t17-,18+,19+,20+,21+,22-,23?,25+,26-,27+,28-/m1/s1. The van der Waals surface area contributed by atoms with Gasteiger partial charge in [0.15, 0.2) is 17.3 Å². The lowest BCUT2D eigenvalue weighted by Gasteiger charge is -2.59. The first-order valence-electron chi connectivity index (χ1n) is 13.7. The van der Waals surface area contributed by atoms with Crippen LogP contribution in [-0.2, 0) is 52.4 Å². The fourth-order valence-electron chi connectivity index (χ4n) is 7.16. The van der Waals surface area contributed by atoms with Gasteiger partial charge in [-0.15, -0.1) is 0 Å². The van der Waals surface area contributed by atoms with Gasteiger partial charge in [0.1, 0.15) is 24.9 Å². The lowest BCUT2D eigenvalue weighted by Crippen LogP contribution is -2.72. The van der Waals surface area contributed by atoms with Gasteiger partial charge in [0.2, 0.25) is 0 Å². The number of fused-ring (bicyclic) bond motifs is 1. The van der Waals surface area contributed by atoms with Crippen LogP contribution in [0.5, 0.6) is 0 Å². The van der Waals surface area contributed by atoms with Crippen molar-refractivity contribution >= 4 is 29.8 Å². The molecule has 2 saturated heterocycles. The maximum absolute atomic E-state index is 13.2. The normalized spacial score (nSPS) is 45.4. The van der Waals surface area contributed by atoms with Crippen molar-refractivity contribution in [3.05, 3.63) is 11.6 Å². The summed E-state index contributed by atoms with van der Waals surface area (Å²) in [5, 5.41) is 34.7. The summed E-state index contributed by atoms with van der Waals surface area (Å²) < 4.78 is 34.1. The van der Waals surface area contributed by atoms with E-state index in [1.807, 2.05) is 0 Å². The van der Waals surface area contributed by atoms with Gasteiger partial charge in [-0.05, 0) is 25.5 Å². The summed E-state index contributed by atoms with van der Waals surface area (Å²) in [4.78, 5) is 62.3. The summed E-state index contributed by atoms with van der Waals surface area (Å²) >= 11 is 0. The number of aliphatic hydroxyl groups is 3. The molecule has 4 aliphatic rings. The van der Waals surface area contributed by atoms with E-state index < -0.39 is 101 Å². The van der Waals surface area contributed by atoms with E-state index in [4.69, 9.17) is 28.4 Å². The van der Waals surface area contributed by atoms with E-state index in [9.17, 15) is 39.3 Å². The second-order valence-corrected chi connectivity index (χ2v) is 12.1. The molecule has 3 fully saturated rings. The van der Waals surface area contributed by atoms with Crippen LogP contribution < -0.4 is 0 Å². The number of aliphatic hydroxyl groups excluding tert-OH is 2. The van der Waals surface area contributed by atoms with Crippen molar-refractivity contribution in [1.29, 1.82) is 0 Å². The molecular weight excluding hydrogens is 560 g/mol. The van der Waals surface area contributed by atoms with Crippen LogP contribution >= 0.6 is 0 Å². The average Bonchev–Trinajstić information content (AvgIpc) is 3.43. The fraction of sp³-hybridized carbons (Fsp3) is 0.750. The van der Waals surface area contributed by atoms with Crippen LogP contribution in [0.15, 0.2) is 11.6 Å². The van der Waals surface area contributed by atoms with Crippen molar-refractivity contribution in [2.75, 3.05) is 6.61 Å². The molecule has 0 aromatic heterocycles. The Hall–Kier alpha value is -3.07. The predicted octanol–water partition coefficient (Wildman–Crippen LogP) is -0.373. The summed E-state index contributed by atoms with van der Waals surface area (Å²) in [6.45, 7) is 8.30. The first-order valence-corrected chi connectivity index (χ1v) is 13.7. The number of carbonyl (C=O) groups excluding carboxylic acids is 5. The Labute approximate surface area is 242 Å². The van der Waals surface area contributed by atoms with Gasteiger partial charge in [0.05, 0.1) is 23.2 Å². The molecule has 1 saturated carbocycles. The SMILES string of the molecule is CC(=O)OC/C1=C/[C@@H]2OC(=O)[C@]3(C)O[C@@]23C(OC(C)=O)[C@H]2[C@](C)(O)[C@@H](O)C[C@H](OC(C)=O)[C@]2(C)[C@@H](OC(C)=O)C[C@H]1O. The molecule has 4 rings (SSSR count). The zero-order valence-corrected chi connectivity index (χ0v) is 24.6. The summed E-state index contributed by atoms with van der Waals surface area (Å²) in [5.41, 5.74) is -7.28. The van der Waals surface area contributed by atoms with Crippen molar-refractivity contribution in [2.45, 2.75) is 115 Å². The van der Waals surface area contributed by atoms with E-state index >= 15 is 0 Å². The highest BCUT2D eigenvalue weighted by Crippen LogP contribution is 2.66. The van der Waals surface area contributed by atoms with Gasteiger partial charge < -0.3 is 43.7 Å². The van der Waals surface area contributed by atoms with Crippen LogP contribution in [0.3, 0.4) is 0 Å². The third kappa shape index (κ3) is 4.87. The van der Waals surface area contributed by atoms with Crippen molar-refractivity contribution < 1.29 is 67.7 Å². The van der Waals surface area contributed by atoms with E-state index in [1.54, 1.807) is 0 Å². The van der Waals surface area contributed by atoms with Gasteiger partial charge in [-0.1, -0.05) is 6.92 Å². The smallest absolute Gasteiger partial charge is 0.342 e. The second kappa shape index (κ2) is 10.6. The molecule has 1 unspecified atom stereocenters. The molecule has 0 bridgehead atoms. The van der Waals surface area contributed by atoms with Crippen LogP contribution in [0.2, 0.25) is 0 Å². The molecule has 0 aromatic carbocycles. The highest BCUT2D eigenvalue weighted by Gasteiger charge is 2.88. The average molecular weight is 599 g/mol. The minimum atomic E-state index is -2.13. The maximum Gasteiger partial charge on any atom is 0.342 e. The minimum absolute atomic E-state index is 0.0644. The Bertz CT molecular complexity index is 1210. The first kappa shape index (κ1) is 31.9. The summed E-state index contributed by atoms with van der Waals surface area (Å²) in [7, 11) is 0. The molecule has 2 aliphatic heterocycles. The van der Waals surface area contributed by atoms with Gasteiger partial charge in [-0.2, -0.15) is 0 Å². The van der Waals surface area contributed by atoms with Gasteiger partial charge in [-0.3, -0.25) is 19.2 Å². The van der Waals surface area contributed by atoms with Crippen molar-refractivity contribution in [3.8, 4) is 0 Å². The predicted molar refractivity (Wildman–Crippen MR) is 137 cm³/mol. The number of ether oxygens (including phenoxy) is 6. The Kier molecular flexibility index (Phi) is 8.02. The number of hydrogen-bond acceptors (Lipinski definition) is 14. The highest BCUT2D eigenvalue weighted by atomic mass is 16.7. The van der Waals surface area contributed by atoms with Gasteiger partial charge >= 0.3 is 29.8 Å². The van der Waals surface area contributed by atoms with Crippen LogP contribution in [0.4, 0.5) is 0 Å². The fourth-order valence-corrected chi connectivity index (χ4v) is 7.16. The molecule has 2 heterocycles. The molecule has 42 heavy (non-hydrogen) atoms. The molecule has 0 aromatic rings. The Morgan fingerprint density at radius 1 is 0.905 bits per heavy atom. The van der Waals surface area contributed by atoms with Crippen LogP contribution in [-0.4, -0.2) is 105 Å². The molecule has 0 amide bonds. The molecule has 14 nitrogen and oxygen atoms in total. The molecule has 2 aliphatic carbocycles. The van der Waals surface area contributed by atoms with E-state index in [1.165, 1.54) is 26.8 Å². The van der Waals surface area contributed by atoms with Crippen molar-refractivity contribution in [1.82, 2.24) is 0 Å². The largest absolute Gasteiger partial charge is 0.462 e. The van der Waals surface area contributed by atoms with Crippen LogP contribution in [0, 0.1) is 11.3 Å². The molecule has 14 heteroatoms. The summed E-state index contributed by atoms with van der Waals surface area (Å²) in [6.07, 6.45) is -7.91. The van der Waals surface area contributed by atoms with Gasteiger partial charge in [0.25, 0.3) is 0 Å². The lowest BCUT2D eigenvalue weighted by molar-refractivity contribution is -0.275. The Morgan fingerprint density at radius 2 is 1.45 bits per heavy atom. The van der Waals surface area contributed by atoms with Crippen molar-refractivity contribution in [3.63, 3.8) is 0 Å². The third-order valence-electron chi connectivity index (χ3n) is 9.23. The molecule has 3 N–H and O–H groups in total. The molecule has 11 atom stereocenters. The number of carbonyl (C=O) groups is 5. The van der Waals surface area contributed by atoms with Gasteiger partial charge in [0, 0.05) is 46.5 Å². The minimum Gasteiger partial charge on any atom is -0.462 e. The number of hydrogen-bond donors (Lipinski definition) is 3. The van der Waals surface area contributed by atoms with Crippen molar-refractivity contribution in [2.24, 2.45) is 11.3 Å². The maximum atomic E-state index is 13.2. The van der Waals surface area contributed by atoms with E-state index in [2.05, 4.69) is 0 Å². The molecule has 234 valence electrons.